The van der Waals surface area contributed by atoms with E-state index in [1.807, 2.05) is 36.0 Å². The van der Waals surface area contributed by atoms with Gasteiger partial charge in [0.15, 0.2) is 5.69 Å². The van der Waals surface area contributed by atoms with Crippen molar-refractivity contribution >= 4 is 17.4 Å². The van der Waals surface area contributed by atoms with Crippen molar-refractivity contribution < 1.29 is 38.4 Å². The molecule has 152 valence electrons. The van der Waals surface area contributed by atoms with Gasteiger partial charge in [-0.05, 0) is 30.3 Å². The number of fused-ring (bicyclic) bond motifs is 1. The zero-order chi connectivity index (χ0) is 21.0. The number of nitro benzene ring substituents is 1. The van der Waals surface area contributed by atoms with Gasteiger partial charge in [-0.3, -0.25) is 10.1 Å². The summed E-state index contributed by atoms with van der Waals surface area (Å²) < 4.78 is 38.4. The molecule has 0 unspecified atom stereocenters. The van der Waals surface area contributed by atoms with Gasteiger partial charge >= 0.3 is 5.16 Å². The molecule has 0 N–H and O–H groups in total. The normalized spacial score (nSPS) is 13.2. The van der Waals surface area contributed by atoms with Gasteiger partial charge in [-0.25, -0.2) is 23.2 Å². The Balaban J connectivity index is 0.000000431. The van der Waals surface area contributed by atoms with Crippen LogP contribution in [0.2, 0.25) is 0 Å². The molecule has 0 spiro atoms. The lowest BCUT2D eigenvalue weighted by atomic mass is 10.1. The van der Waals surface area contributed by atoms with Crippen LogP contribution < -0.4 is 23.2 Å². The minimum Gasteiger partial charge on any atom is -0.258 e. The Hall–Kier alpha value is -2.47. The van der Waals surface area contributed by atoms with Crippen LogP contribution in [0.25, 0.3) is 16.9 Å². The fourth-order valence-electron chi connectivity index (χ4n) is 3.01. The topological polar surface area (TPSA) is 144 Å². The van der Waals surface area contributed by atoms with E-state index in [-0.39, 0.29) is 10.6 Å². The molecule has 11 heteroatoms. The second kappa shape index (κ2) is 8.91. The summed E-state index contributed by atoms with van der Waals surface area (Å²) >= 11 is 1.83. The Morgan fingerprint density at radius 2 is 1.72 bits per heavy atom. The van der Waals surface area contributed by atoms with Gasteiger partial charge in [0.2, 0.25) is 0 Å². The number of aromatic nitrogens is 2. The average molecular weight is 438 g/mol. The third-order valence-electron chi connectivity index (χ3n) is 4.12. The van der Waals surface area contributed by atoms with Gasteiger partial charge in [-0.15, -0.1) is 10.2 Å². The van der Waals surface area contributed by atoms with Gasteiger partial charge in [0, 0.05) is 23.4 Å². The molecule has 0 amide bonds. The number of benzene rings is 2. The van der Waals surface area contributed by atoms with Crippen LogP contribution in [0, 0.1) is 20.4 Å². The highest BCUT2D eigenvalue weighted by molar-refractivity contribution is 7.99. The van der Waals surface area contributed by atoms with Crippen molar-refractivity contribution in [3.8, 4) is 16.9 Å². The molecule has 0 saturated carbocycles. The largest absolute Gasteiger partial charge is 0.323 e. The highest BCUT2D eigenvalue weighted by Gasteiger charge is 2.29. The molecule has 0 bridgehead atoms. The smallest absolute Gasteiger partial charge is 0.258 e. The maximum Gasteiger partial charge on any atom is 0.323 e. The van der Waals surface area contributed by atoms with E-state index in [4.69, 9.17) is 18.6 Å². The number of hydrogen-bond donors (Lipinski definition) is 0. The van der Waals surface area contributed by atoms with E-state index in [1.54, 1.807) is 12.1 Å². The van der Waals surface area contributed by atoms with Crippen molar-refractivity contribution in [2.45, 2.75) is 18.1 Å². The van der Waals surface area contributed by atoms with Gasteiger partial charge < -0.3 is 0 Å². The van der Waals surface area contributed by atoms with Crippen LogP contribution in [0.4, 0.5) is 5.69 Å². The number of imidazole rings is 1. The SMILES string of the molecule is O=[N+]([O-])c1cccc(-c2cn(-c3ccccc3)c3[n+]2CCCS3)c1.[O-][Cl+3]([O-])([O-])[O-]. The molecule has 0 saturated heterocycles. The Labute approximate surface area is 172 Å². The molecular weight excluding hydrogens is 422 g/mol. The van der Waals surface area contributed by atoms with Gasteiger partial charge in [0.05, 0.1) is 11.5 Å². The lowest BCUT2D eigenvalue weighted by Crippen LogP contribution is -2.68. The van der Waals surface area contributed by atoms with E-state index in [0.29, 0.717) is 0 Å². The maximum absolute atomic E-state index is 11.1. The van der Waals surface area contributed by atoms with Crippen molar-refractivity contribution in [2.75, 3.05) is 5.75 Å². The minimum atomic E-state index is -4.94. The van der Waals surface area contributed by atoms with Crippen LogP contribution in [0.15, 0.2) is 66.0 Å². The molecule has 0 aliphatic carbocycles. The first kappa shape index (κ1) is 21.2. The number of halogens is 1. The van der Waals surface area contributed by atoms with Crippen molar-refractivity contribution in [3.63, 3.8) is 0 Å². The standard InChI is InChI=1S/C18H16N3O2S.ClHO4/c22-21(23)16-9-4-6-14(12-16)17-13-20(15-7-2-1-3-8-15)18-19(17)10-5-11-24-18;2-1(3,4)5/h1-4,6-9,12-13H,5,10-11H2;(H,2,3,4,5)/q+1;/p-1. The summed E-state index contributed by atoms with van der Waals surface area (Å²) in [4.78, 5) is 10.7. The lowest BCUT2D eigenvalue weighted by Gasteiger charge is -2.17. The van der Waals surface area contributed by atoms with Gasteiger partial charge in [0.25, 0.3) is 5.69 Å². The molecule has 1 aromatic heterocycles. The van der Waals surface area contributed by atoms with Gasteiger partial charge in [-0.1, -0.05) is 30.3 Å². The van der Waals surface area contributed by atoms with Crippen molar-refractivity contribution in [1.29, 1.82) is 0 Å². The van der Waals surface area contributed by atoms with E-state index >= 15 is 0 Å². The van der Waals surface area contributed by atoms with Crippen molar-refractivity contribution in [3.05, 3.63) is 70.9 Å². The fourth-order valence-corrected chi connectivity index (χ4v) is 4.11. The van der Waals surface area contributed by atoms with E-state index in [1.165, 1.54) is 11.2 Å². The van der Waals surface area contributed by atoms with Crippen LogP contribution >= 0.6 is 11.8 Å². The summed E-state index contributed by atoms with van der Waals surface area (Å²) in [6.07, 6.45) is 3.19. The predicted octanol–water partition coefficient (Wildman–Crippen LogP) is -0.920. The molecule has 0 atom stereocenters. The first-order valence-electron chi connectivity index (χ1n) is 8.44. The van der Waals surface area contributed by atoms with E-state index < -0.39 is 10.2 Å². The number of non-ortho nitro benzene ring substituents is 1. The summed E-state index contributed by atoms with van der Waals surface area (Å²) in [7, 11) is -4.94. The Kier molecular flexibility index (Phi) is 6.52. The minimum absolute atomic E-state index is 0.123. The van der Waals surface area contributed by atoms with E-state index in [2.05, 4.69) is 27.5 Å². The lowest BCUT2D eigenvalue weighted by molar-refractivity contribution is -2.00. The first-order chi connectivity index (χ1) is 13.7. The highest BCUT2D eigenvalue weighted by Crippen LogP contribution is 2.30. The summed E-state index contributed by atoms with van der Waals surface area (Å²) in [5, 5.41) is 12.3. The maximum atomic E-state index is 11.1. The van der Waals surface area contributed by atoms with Crippen molar-refractivity contribution in [2.24, 2.45) is 0 Å². The second-order valence-corrected chi connectivity index (χ2v) is 7.86. The summed E-state index contributed by atoms with van der Waals surface area (Å²) in [5.74, 6) is 1.09. The summed E-state index contributed by atoms with van der Waals surface area (Å²) in [6.45, 7) is 0.931. The Morgan fingerprint density at radius 1 is 1.03 bits per heavy atom. The van der Waals surface area contributed by atoms with Crippen molar-refractivity contribution in [1.82, 2.24) is 4.57 Å². The summed E-state index contributed by atoms with van der Waals surface area (Å²) in [6, 6.07) is 17.1. The first-order valence-corrected chi connectivity index (χ1v) is 10.7. The number of thioether (sulfide) groups is 1. The Bertz CT molecular complexity index is 1000. The van der Waals surface area contributed by atoms with Crippen LogP contribution in [0.3, 0.4) is 0 Å². The molecule has 9 nitrogen and oxygen atoms in total. The molecule has 2 heterocycles. The second-order valence-electron chi connectivity index (χ2n) is 6.04. The average Bonchev–Trinajstić information content (AvgIpc) is 3.07. The molecule has 1 aliphatic rings. The zero-order valence-corrected chi connectivity index (χ0v) is 16.5. The molecular formula is C18H16ClN3O6S. The highest BCUT2D eigenvalue weighted by atomic mass is 35.7. The number of nitro groups is 1. The number of rotatable bonds is 3. The third-order valence-corrected chi connectivity index (χ3v) is 5.29. The van der Waals surface area contributed by atoms with Crippen LogP contribution in [-0.4, -0.2) is 15.2 Å². The quantitative estimate of drug-likeness (QED) is 0.292. The monoisotopic (exact) mass is 437 g/mol. The van der Waals surface area contributed by atoms with Gasteiger partial charge in [0.1, 0.15) is 11.9 Å². The third kappa shape index (κ3) is 5.54. The molecule has 4 rings (SSSR count). The van der Waals surface area contributed by atoms with E-state index in [0.717, 1.165) is 35.7 Å². The fraction of sp³-hybridized carbons (Fsp3) is 0.167. The van der Waals surface area contributed by atoms with Gasteiger partial charge in [-0.2, -0.15) is 4.57 Å². The molecule has 29 heavy (non-hydrogen) atoms. The number of para-hydroxylation sites is 1. The number of nitrogens with zero attached hydrogens (tertiary/aromatic N) is 3. The predicted molar refractivity (Wildman–Crippen MR) is 93.4 cm³/mol. The van der Waals surface area contributed by atoms with Crippen LogP contribution in [-0.2, 0) is 6.54 Å². The molecule has 2 aromatic carbocycles. The summed E-state index contributed by atoms with van der Waals surface area (Å²) in [5.41, 5.74) is 3.12. The number of hydrogen-bond acceptors (Lipinski definition) is 7. The van der Waals surface area contributed by atoms with Crippen LogP contribution in [0.1, 0.15) is 6.42 Å². The molecule has 0 radical (unpaired) electrons. The molecule has 1 aliphatic heterocycles. The Morgan fingerprint density at radius 3 is 2.38 bits per heavy atom. The zero-order valence-electron chi connectivity index (χ0n) is 15.0. The molecule has 3 aromatic rings. The van der Waals surface area contributed by atoms with E-state index in [9.17, 15) is 10.1 Å². The van der Waals surface area contributed by atoms with Crippen LogP contribution in [0.5, 0.6) is 0 Å². The molecule has 0 fully saturated rings.